The van der Waals surface area contributed by atoms with Crippen molar-refractivity contribution in [3.63, 3.8) is 0 Å². The van der Waals surface area contributed by atoms with E-state index in [1.54, 1.807) is 0 Å². The molecule has 0 bridgehead atoms. The van der Waals surface area contributed by atoms with E-state index in [-0.39, 0.29) is 0 Å². The lowest BCUT2D eigenvalue weighted by Gasteiger charge is -2.14. The summed E-state index contributed by atoms with van der Waals surface area (Å²) in [5.41, 5.74) is 20.4. The minimum atomic E-state index is 0.631. The molecule has 0 fully saturated rings. The topological polar surface area (TPSA) is 125 Å². The van der Waals surface area contributed by atoms with Crippen LogP contribution in [0.2, 0.25) is 0 Å². The zero-order valence-electron chi connectivity index (χ0n) is 54.1. The van der Waals surface area contributed by atoms with Gasteiger partial charge in [-0.1, -0.05) is 315 Å². The minimum Gasteiger partial charge on any atom is -0.208 e. The molecule has 0 unspecified atom stereocenters. The lowest BCUT2D eigenvalue weighted by atomic mass is 9.90. The molecular formula is C92H58N8. The zero-order valence-corrected chi connectivity index (χ0v) is 54.1. The number of aromatic nitrogens is 6. The van der Waals surface area contributed by atoms with Crippen molar-refractivity contribution in [3.05, 3.63) is 363 Å². The van der Waals surface area contributed by atoms with Gasteiger partial charge in [-0.3, -0.25) is 0 Å². The fourth-order valence-electron chi connectivity index (χ4n) is 13.1. The molecule has 100 heavy (non-hydrogen) atoms. The van der Waals surface area contributed by atoms with Gasteiger partial charge >= 0.3 is 0 Å². The molecule has 0 aliphatic carbocycles. The lowest BCUT2D eigenvalue weighted by molar-refractivity contribution is 1.07. The van der Waals surface area contributed by atoms with Crippen molar-refractivity contribution in [2.75, 3.05) is 0 Å². The first kappa shape index (κ1) is 61.0. The highest BCUT2D eigenvalue weighted by Gasteiger charge is 2.18. The van der Waals surface area contributed by atoms with Gasteiger partial charge < -0.3 is 0 Å². The molecule has 0 aliphatic rings. The van der Waals surface area contributed by atoms with Gasteiger partial charge in [0.1, 0.15) is 0 Å². The number of rotatable bonds is 12. The third-order valence-corrected chi connectivity index (χ3v) is 18.2. The summed E-state index contributed by atoms with van der Waals surface area (Å²) >= 11 is 0. The van der Waals surface area contributed by atoms with Crippen molar-refractivity contribution in [3.8, 4) is 147 Å². The highest BCUT2D eigenvalue weighted by Crippen LogP contribution is 2.41. The van der Waals surface area contributed by atoms with Crippen LogP contribution in [-0.2, 0) is 0 Å². The van der Waals surface area contributed by atoms with E-state index in [2.05, 4.69) is 200 Å². The van der Waals surface area contributed by atoms with Crippen molar-refractivity contribution in [2.24, 2.45) is 0 Å². The van der Waals surface area contributed by atoms with Crippen LogP contribution in [0, 0.1) is 22.7 Å². The van der Waals surface area contributed by atoms with Crippen LogP contribution < -0.4 is 0 Å². The standard InChI is InChI=1S/C48H30N4.C44H28N4/c49-31-32-21-22-38-29-40(24-23-37(38)27-32)43-26-25-42(44-19-7-8-20-45(43)44)39-17-9-15-35(28-39)36-16-10-18-41(30-36)48-51-46(33-11-3-1-4-12-33)50-47(52-48)34-13-5-2-6-14-34;45-29-36-15-7-8-16-37(36)30-19-21-31(22-20-30)38-27-28-39(41-18-10-9-17-40(38)41)32-23-25-35(26-24-32)44-47-42(33-11-3-1-4-12-33)46-43(48-44)34-13-5-2-6-14-34/h1-30H;1-28H. The van der Waals surface area contributed by atoms with Gasteiger partial charge in [-0.05, 0) is 135 Å². The Balaban J connectivity index is 0.000000156. The Morgan fingerprint density at radius 1 is 0.180 bits per heavy atom. The molecule has 2 heterocycles. The van der Waals surface area contributed by atoms with Gasteiger partial charge in [0.2, 0.25) is 0 Å². The number of nitrogens with zero attached hydrogens (tertiary/aromatic N) is 8. The molecule has 2 aromatic heterocycles. The third kappa shape index (κ3) is 12.5. The summed E-state index contributed by atoms with van der Waals surface area (Å²) < 4.78 is 0. The molecule has 17 rings (SSSR count). The third-order valence-electron chi connectivity index (χ3n) is 18.2. The molecule has 0 amide bonds. The SMILES string of the molecule is N#Cc1ccc2cc(-c3ccc(-c4cccc(-c5cccc(-c6nc(-c7ccccc7)nc(-c7ccccc7)n6)c5)c4)c4ccccc34)ccc2c1.N#Cc1ccccc1-c1ccc(-c2ccc(-c3ccc(-c4nc(-c5ccccc5)nc(-c5ccccc5)n4)cc3)c3ccccc23)cc1. The number of nitriles is 2. The van der Waals surface area contributed by atoms with Crippen LogP contribution in [0.25, 0.3) is 167 Å². The molecule has 8 nitrogen and oxygen atoms in total. The second-order valence-electron chi connectivity index (χ2n) is 24.4. The molecule has 17 aromatic rings. The van der Waals surface area contributed by atoms with E-state index < -0.39 is 0 Å². The van der Waals surface area contributed by atoms with Gasteiger partial charge in [-0.25, -0.2) is 29.9 Å². The van der Waals surface area contributed by atoms with Crippen LogP contribution in [-0.4, -0.2) is 29.9 Å². The average molecular weight is 1280 g/mol. The first-order valence-corrected chi connectivity index (χ1v) is 33.1. The highest BCUT2D eigenvalue weighted by molar-refractivity contribution is 6.07. The van der Waals surface area contributed by atoms with Gasteiger partial charge in [-0.15, -0.1) is 0 Å². The summed E-state index contributed by atoms with van der Waals surface area (Å²) in [5.74, 6) is 3.84. The Hall–Kier alpha value is -13.9. The molecule has 0 atom stereocenters. The molecule has 466 valence electrons. The predicted octanol–water partition coefficient (Wildman–Crippen LogP) is 23.0. The van der Waals surface area contributed by atoms with Crippen LogP contribution >= 0.6 is 0 Å². The highest BCUT2D eigenvalue weighted by atomic mass is 15.0. The van der Waals surface area contributed by atoms with Crippen molar-refractivity contribution in [2.45, 2.75) is 0 Å². The number of fused-ring (bicyclic) bond motifs is 3. The van der Waals surface area contributed by atoms with Crippen LogP contribution in [0.1, 0.15) is 11.1 Å². The van der Waals surface area contributed by atoms with Crippen LogP contribution in [0.4, 0.5) is 0 Å². The summed E-state index contributed by atoms with van der Waals surface area (Å²) in [5, 5.41) is 25.8. The van der Waals surface area contributed by atoms with Crippen molar-refractivity contribution >= 4 is 32.3 Å². The second kappa shape index (κ2) is 27.4. The molecule has 0 saturated heterocycles. The lowest BCUT2D eigenvalue weighted by Crippen LogP contribution is -2.00. The first-order valence-electron chi connectivity index (χ1n) is 33.1. The summed E-state index contributed by atoms with van der Waals surface area (Å²) in [6.07, 6.45) is 0. The van der Waals surface area contributed by atoms with Crippen LogP contribution in [0.15, 0.2) is 352 Å². The Bertz CT molecular complexity index is 5850. The molecule has 15 aromatic carbocycles. The van der Waals surface area contributed by atoms with Crippen molar-refractivity contribution < 1.29 is 0 Å². The van der Waals surface area contributed by atoms with Gasteiger partial charge in [-0.2, -0.15) is 10.5 Å². The Labute approximate surface area is 579 Å². The number of benzene rings is 15. The molecule has 0 radical (unpaired) electrons. The maximum Gasteiger partial charge on any atom is 0.164 e. The first-order chi connectivity index (χ1) is 49.4. The fraction of sp³-hybridized carbons (Fsp3) is 0. The fourth-order valence-corrected chi connectivity index (χ4v) is 13.1. The molecular weight excluding hydrogens is 1220 g/mol. The van der Waals surface area contributed by atoms with E-state index in [0.717, 1.165) is 99.8 Å². The Morgan fingerprint density at radius 2 is 0.470 bits per heavy atom. The summed E-state index contributed by atoms with van der Waals surface area (Å²) in [6.45, 7) is 0. The van der Waals surface area contributed by atoms with E-state index in [9.17, 15) is 10.5 Å². The van der Waals surface area contributed by atoms with Gasteiger partial charge in [0.05, 0.1) is 23.3 Å². The zero-order chi connectivity index (χ0) is 67.1. The van der Waals surface area contributed by atoms with E-state index in [1.807, 2.05) is 164 Å². The molecule has 0 aliphatic heterocycles. The van der Waals surface area contributed by atoms with Gasteiger partial charge in [0.15, 0.2) is 34.9 Å². The van der Waals surface area contributed by atoms with Crippen LogP contribution in [0.3, 0.4) is 0 Å². The van der Waals surface area contributed by atoms with E-state index in [0.29, 0.717) is 46.1 Å². The average Bonchev–Trinajstić information content (AvgIpc) is 0.780. The largest absolute Gasteiger partial charge is 0.208 e. The van der Waals surface area contributed by atoms with Crippen molar-refractivity contribution in [1.82, 2.24) is 29.9 Å². The number of hydrogen-bond donors (Lipinski definition) is 0. The monoisotopic (exact) mass is 1270 g/mol. The molecule has 0 saturated carbocycles. The van der Waals surface area contributed by atoms with E-state index >= 15 is 0 Å². The number of hydrogen-bond acceptors (Lipinski definition) is 8. The smallest absolute Gasteiger partial charge is 0.164 e. The van der Waals surface area contributed by atoms with Crippen LogP contribution in [0.5, 0.6) is 0 Å². The van der Waals surface area contributed by atoms with E-state index in [1.165, 1.54) is 32.7 Å². The van der Waals surface area contributed by atoms with E-state index in [4.69, 9.17) is 29.9 Å². The Morgan fingerprint density at radius 3 is 0.900 bits per heavy atom. The minimum absolute atomic E-state index is 0.631. The molecule has 0 N–H and O–H groups in total. The molecule has 0 spiro atoms. The molecule has 8 heteroatoms. The normalized spacial score (nSPS) is 11.0. The summed E-state index contributed by atoms with van der Waals surface area (Å²) in [6, 6.07) is 125. The Kier molecular flexibility index (Phi) is 16.7. The van der Waals surface area contributed by atoms with Gasteiger partial charge in [0.25, 0.3) is 0 Å². The summed E-state index contributed by atoms with van der Waals surface area (Å²) in [7, 11) is 0. The predicted molar refractivity (Wildman–Crippen MR) is 407 cm³/mol. The van der Waals surface area contributed by atoms with Gasteiger partial charge in [0, 0.05) is 33.4 Å². The van der Waals surface area contributed by atoms with Crippen molar-refractivity contribution in [1.29, 1.82) is 10.5 Å². The maximum absolute atomic E-state index is 9.57. The summed E-state index contributed by atoms with van der Waals surface area (Å²) in [4.78, 5) is 29.4. The quantitative estimate of drug-likeness (QED) is 0.118. The maximum atomic E-state index is 9.57. The second-order valence-corrected chi connectivity index (χ2v) is 24.4.